The predicted octanol–water partition coefficient (Wildman–Crippen LogP) is 2.42. The zero-order chi connectivity index (χ0) is 14.0. The maximum Gasteiger partial charge on any atom is 0.285 e. The first kappa shape index (κ1) is 14.0. The van der Waals surface area contributed by atoms with Crippen LogP contribution in [0, 0.1) is 16.0 Å². The summed E-state index contributed by atoms with van der Waals surface area (Å²) in [7, 11) is 0. The summed E-state index contributed by atoms with van der Waals surface area (Å²) in [5.41, 5.74) is 6.19. The van der Waals surface area contributed by atoms with E-state index < -0.39 is 4.92 Å². The minimum atomic E-state index is -0.504. The van der Waals surface area contributed by atoms with Gasteiger partial charge in [-0.05, 0) is 46.8 Å². The number of halogens is 1. The standard InChI is InChI=1S/C12H14BrN3O3/c13-9-4-3-8(5-11(9)16(18)19)15-12(17)6-10(14)7-1-2-7/h3-5,7,10H,1-2,6,14H2,(H,15,17). The van der Waals surface area contributed by atoms with Gasteiger partial charge in [0.2, 0.25) is 5.91 Å². The lowest BCUT2D eigenvalue weighted by Gasteiger charge is -2.10. The number of benzene rings is 1. The highest BCUT2D eigenvalue weighted by Gasteiger charge is 2.29. The fourth-order valence-electron chi connectivity index (χ4n) is 1.85. The van der Waals surface area contributed by atoms with Gasteiger partial charge in [-0.2, -0.15) is 0 Å². The predicted molar refractivity (Wildman–Crippen MR) is 74.7 cm³/mol. The summed E-state index contributed by atoms with van der Waals surface area (Å²) in [4.78, 5) is 22.0. The topological polar surface area (TPSA) is 98.3 Å². The number of anilines is 1. The van der Waals surface area contributed by atoms with Crippen molar-refractivity contribution in [3.63, 3.8) is 0 Å². The second-order valence-corrected chi connectivity index (χ2v) is 5.53. The lowest BCUT2D eigenvalue weighted by atomic mass is 10.1. The molecular weight excluding hydrogens is 314 g/mol. The molecule has 1 amide bonds. The van der Waals surface area contributed by atoms with Crippen LogP contribution < -0.4 is 11.1 Å². The molecule has 1 atom stereocenters. The molecule has 0 saturated heterocycles. The van der Waals surface area contributed by atoms with Crippen LogP contribution in [0.5, 0.6) is 0 Å². The van der Waals surface area contributed by atoms with Gasteiger partial charge in [-0.25, -0.2) is 0 Å². The van der Waals surface area contributed by atoms with Gasteiger partial charge in [0.1, 0.15) is 0 Å². The number of nitrogens with two attached hydrogens (primary N) is 1. The molecule has 1 aromatic rings. The number of nitrogens with zero attached hydrogens (tertiary/aromatic N) is 1. The Labute approximate surface area is 118 Å². The summed E-state index contributed by atoms with van der Waals surface area (Å²) in [6.07, 6.45) is 2.41. The summed E-state index contributed by atoms with van der Waals surface area (Å²) >= 11 is 3.09. The van der Waals surface area contributed by atoms with Crippen molar-refractivity contribution in [3.8, 4) is 0 Å². The SMILES string of the molecule is NC(CC(=O)Nc1ccc(Br)c([N+](=O)[O-])c1)C1CC1. The van der Waals surface area contributed by atoms with Crippen molar-refractivity contribution in [1.29, 1.82) is 0 Å². The molecule has 0 spiro atoms. The number of nitro benzene ring substituents is 1. The first-order chi connectivity index (χ1) is 8.97. The van der Waals surface area contributed by atoms with Crippen molar-refractivity contribution < 1.29 is 9.72 Å². The Bertz CT molecular complexity index is 517. The molecule has 1 aliphatic rings. The van der Waals surface area contributed by atoms with E-state index >= 15 is 0 Å². The van der Waals surface area contributed by atoms with Gasteiger partial charge in [-0.3, -0.25) is 14.9 Å². The zero-order valence-corrected chi connectivity index (χ0v) is 11.7. The molecule has 0 aliphatic heterocycles. The summed E-state index contributed by atoms with van der Waals surface area (Å²) < 4.78 is 0.380. The highest BCUT2D eigenvalue weighted by atomic mass is 79.9. The molecule has 19 heavy (non-hydrogen) atoms. The van der Waals surface area contributed by atoms with Crippen LogP contribution in [0.1, 0.15) is 19.3 Å². The van der Waals surface area contributed by atoms with E-state index in [1.54, 1.807) is 6.07 Å². The fraction of sp³-hybridized carbons (Fsp3) is 0.417. The molecular formula is C12H14BrN3O3. The molecule has 0 radical (unpaired) electrons. The van der Waals surface area contributed by atoms with Crippen LogP contribution in [0.25, 0.3) is 0 Å². The molecule has 1 unspecified atom stereocenters. The van der Waals surface area contributed by atoms with E-state index in [1.165, 1.54) is 12.1 Å². The Morgan fingerprint density at radius 1 is 1.58 bits per heavy atom. The number of hydrogen-bond acceptors (Lipinski definition) is 4. The quantitative estimate of drug-likeness (QED) is 0.640. The number of carbonyl (C=O) groups is 1. The van der Waals surface area contributed by atoms with E-state index in [2.05, 4.69) is 21.2 Å². The summed E-state index contributed by atoms with van der Waals surface area (Å²) in [6, 6.07) is 4.35. The van der Waals surface area contributed by atoms with E-state index in [0.717, 1.165) is 12.8 Å². The van der Waals surface area contributed by atoms with Gasteiger partial charge in [-0.15, -0.1) is 0 Å². The van der Waals surface area contributed by atoms with Crippen LogP contribution in [-0.2, 0) is 4.79 Å². The molecule has 0 heterocycles. The van der Waals surface area contributed by atoms with E-state index in [-0.39, 0.29) is 24.1 Å². The first-order valence-corrected chi connectivity index (χ1v) is 6.76. The Morgan fingerprint density at radius 2 is 2.26 bits per heavy atom. The Morgan fingerprint density at radius 3 is 2.84 bits per heavy atom. The van der Waals surface area contributed by atoms with Gasteiger partial charge in [0.25, 0.3) is 5.69 Å². The van der Waals surface area contributed by atoms with Crippen molar-refractivity contribution in [2.75, 3.05) is 5.32 Å². The lowest BCUT2D eigenvalue weighted by Crippen LogP contribution is -2.28. The van der Waals surface area contributed by atoms with Crippen LogP contribution >= 0.6 is 15.9 Å². The molecule has 1 aliphatic carbocycles. The Balaban J connectivity index is 2.00. The van der Waals surface area contributed by atoms with Crippen molar-refractivity contribution in [1.82, 2.24) is 0 Å². The maximum atomic E-state index is 11.7. The molecule has 102 valence electrons. The largest absolute Gasteiger partial charge is 0.327 e. The minimum Gasteiger partial charge on any atom is -0.327 e. The Hall–Kier alpha value is -1.47. The second-order valence-electron chi connectivity index (χ2n) is 4.68. The third-order valence-corrected chi connectivity index (χ3v) is 3.75. The third kappa shape index (κ3) is 3.74. The minimum absolute atomic E-state index is 0.0794. The molecule has 0 bridgehead atoms. The van der Waals surface area contributed by atoms with Crippen LogP contribution in [-0.4, -0.2) is 16.9 Å². The number of carbonyl (C=O) groups excluding carboxylic acids is 1. The van der Waals surface area contributed by atoms with Gasteiger partial charge < -0.3 is 11.1 Å². The van der Waals surface area contributed by atoms with E-state index in [4.69, 9.17) is 5.73 Å². The average molecular weight is 328 g/mol. The van der Waals surface area contributed by atoms with Crippen LogP contribution in [0.3, 0.4) is 0 Å². The van der Waals surface area contributed by atoms with Crippen LogP contribution in [0.15, 0.2) is 22.7 Å². The van der Waals surface area contributed by atoms with Crippen molar-refractivity contribution in [2.45, 2.75) is 25.3 Å². The van der Waals surface area contributed by atoms with E-state index in [0.29, 0.717) is 16.1 Å². The van der Waals surface area contributed by atoms with Gasteiger partial charge in [-0.1, -0.05) is 0 Å². The summed E-state index contributed by atoms with van der Waals surface area (Å²) in [6.45, 7) is 0. The van der Waals surface area contributed by atoms with Gasteiger partial charge in [0, 0.05) is 24.2 Å². The Kier molecular flexibility index (Phi) is 4.16. The second kappa shape index (κ2) is 5.66. The molecule has 2 rings (SSSR count). The highest BCUT2D eigenvalue weighted by Crippen LogP contribution is 2.33. The molecule has 1 fully saturated rings. The first-order valence-electron chi connectivity index (χ1n) is 5.96. The van der Waals surface area contributed by atoms with Crippen molar-refractivity contribution in [2.24, 2.45) is 11.7 Å². The monoisotopic (exact) mass is 327 g/mol. The number of hydrogen-bond donors (Lipinski definition) is 2. The number of nitrogens with one attached hydrogen (secondary N) is 1. The van der Waals surface area contributed by atoms with Crippen LogP contribution in [0.4, 0.5) is 11.4 Å². The normalized spacial score (nSPS) is 15.9. The van der Waals surface area contributed by atoms with Gasteiger partial charge >= 0.3 is 0 Å². The smallest absolute Gasteiger partial charge is 0.285 e. The molecule has 3 N–H and O–H groups in total. The molecule has 1 aromatic carbocycles. The van der Waals surface area contributed by atoms with E-state index in [9.17, 15) is 14.9 Å². The van der Waals surface area contributed by atoms with Crippen molar-refractivity contribution in [3.05, 3.63) is 32.8 Å². The number of amides is 1. The molecule has 6 nitrogen and oxygen atoms in total. The van der Waals surface area contributed by atoms with Crippen molar-refractivity contribution >= 4 is 33.2 Å². The highest BCUT2D eigenvalue weighted by molar-refractivity contribution is 9.10. The van der Waals surface area contributed by atoms with E-state index in [1.807, 2.05) is 0 Å². The van der Waals surface area contributed by atoms with Crippen LogP contribution in [0.2, 0.25) is 0 Å². The van der Waals surface area contributed by atoms with Gasteiger partial charge in [0.05, 0.1) is 9.40 Å². The maximum absolute atomic E-state index is 11.7. The summed E-state index contributed by atoms with van der Waals surface area (Å²) in [5.74, 6) is 0.237. The fourth-order valence-corrected chi connectivity index (χ4v) is 2.24. The number of rotatable bonds is 5. The third-order valence-electron chi connectivity index (χ3n) is 3.08. The lowest BCUT2D eigenvalue weighted by molar-refractivity contribution is -0.385. The molecule has 0 aromatic heterocycles. The molecule has 1 saturated carbocycles. The average Bonchev–Trinajstić information content (AvgIpc) is 3.15. The summed E-state index contributed by atoms with van der Waals surface area (Å²) in [5, 5.41) is 13.4. The number of nitro groups is 1. The molecule has 7 heteroatoms. The zero-order valence-electron chi connectivity index (χ0n) is 10.1. The van der Waals surface area contributed by atoms with Gasteiger partial charge in [0.15, 0.2) is 0 Å².